The summed E-state index contributed by atoms with van der Waals surface area (Å²) in [5.41, 5.74) is 10.4. The number of rotatable bonds is 5. The molecular formula is C40H26N4. The van der Waals surface area contributed by atoms with Crippen LogP contribution in [0.4, 0.5) is 0 Å². The van der Waals surface area contributed by atoms with Gasteiger partial charge in [0.1, 0.15) is 0 Å². The van der Waals surface area contributed by atoms with Crippen LogP contribution in [-0.4, -0.2) is 19.9 Å². The smallest absolute Gasteiger partial charge is 0.160 e. The van der Waals surface area contributed by atoms with E-state index in [2.05, 4.69) is 84.9 Å². The van der Waals surface area contributed by atoms with Crippen LogP contribution in [0, 0.1) is 0 Å². The van der Waals surface area contributed by atoms with E-state index in [1.165, 1.54) is 0 Å². The first kappa shape index (κ1) is 25.7. The topological polar surface area (TPSA) is 51.6 Å². The maximum absolute atomic E-state index is 5.12. The molecule has 4 heteroatoms. The van der Waals surface area contributed by atoms with E-state index in [0.717, 1.165) is 72.4 Å². The van der Waals surface area contributed by atoms with Crippen molar-refractivity contribution in [2.24, 2.45) is 0 Å². The molecule has 0 saturated heterocycles. The number of para-hydroxylation sites is 2. The average molecular weight is 563 g/mol. The normalized spacial score (nSPS) is 11.2. The number of hydrogen-bond acceptors (Lipinski definition) is 4. The van der Waals surface area contributed by atoms with E-state index in [-0.39, 0.29) is 0 Å². The molecule has 44 heavy (non-hydrogen) atoms. The van der Waals surface area contributed by atoms with Crippen molar-refractivity contribution in [2.75, 3.05) is 0 Å². The van der Waals surface area contributed by atoms with Crippen LogP contribution in [0.15, 0.2) is 158 Å². The zero-order valence-electron chi connectivity index (χ0n) is 23.8. The van der Waals surface area contributed by atoms with Crippen LogP contribution in [0.3, 0.4) is 0 Å². The lowest BCUT2D eigenvalue weighted by molar-refractivity contribution is 1.18. The minimum Gasteiger partial charge on any atom is -0.248 e. The van der Waals surface area contributed by atoms with Gasteiger partial charge in [0.2, 0.25) is 0 Å². The molecule has 3 heterocycles. The van der Waals surface area contributed by atoms with Gasteiger partial charge in [0, 0.05) is 38.6 Å². The number of nitrogens with zero attached hydrogens (tertiary/aromatic N) is 4. The number of hydrogen-bond donors (Lipinski definition) is 0. The van der Waals surface area contributed by atoms with Gasteiger partial charge >= 0.3 is 0 Å². The largest absolute Gasteiger partial charge is 0.248 e. The molecule has 0 unspecified atom stereocenters. The highest BCUT2D eigenvalue weighted by atomic mass is 14.9. The fourth-order valence-corrected chi connectivity index (χ4v) is 5.60. The minimum absolute atomic E-state index is 0.648. The molecule has 5 aromatic carbocycles. The summed E-state index contributed by atoms with van der Waals surface area (Å²) >= 11 is 0. The van der Waals surface area contributed by atoms with Gasteiger partial charge in [0.15, 0.2) is 5.82 Å². The summed E-state index contributed by atoms with van der Waals surface area (Å²) in [6.07, 6.45) is 0. The van der Waals surface area contributed by atoms with E-state index in [1.807, 2.05) is 72.8 Å². The SMILES string of the molecule is c1ccc(-c2cc(-c3ccccc3)nc(-c3cc(-c4ccc5ccccc5n4)cc(-c4ccc5ccccc5n4)c3)n2)cc1. The molecule has 0 fully saturated rings. The monoisotopic (exact) mass is 562 g/mol. The molecule has 0 N–H and O–H groups in total. The molecule has 0 radical (unpaired) electrons. The Morgan fingerprint density at radius 2 is 0.705 bits per heavy atom. The van der Waals surface area contributed by atoms with E-state index in [0.29, 0.717) is 5.82 Å². The third kappa shape index (κ3) is 4.99. The first-order valence-corrected chi connectivity index (χ1v) is 14.6. The second-order valence-corrected chi connectivity index (χ2v) is 10.8. The lowest BCUT2D eigenvalue weighted by atomic mass is 9.99. The van der Waals surface area contributed by atoms with Gasteiger partial charge in [0.25, 0.3) is 0 Å². The van der Waals surface area contributed by atoms with Crippen molar-refractivity contribution in [1.82, 2.24) is 19.9 Å². The Labute approximate surface area is 255 Å². The number of aromatic nitrogens is 4. The Kier molecular flexibility index (Phi) is 6.43. The van der Waals surface area contributed by atoms with Gasteiger partial charge in [-0.2, -0.15) is 0 Å². The Balaban J connectivity index is 1.36. The third-order valence-electron chi connectivity index (χ3n) is 7.84. The molecule has 0 atom stereocenters. The zero-order chi connectivity index (χ0) is 29.3. The van der Waals surface area contributed by atoms with E-state index >= 15 is 0 Å². The second-order valence-electron chi connectivity index (χ2n) is 10.8. The van der Waals surface area contributed by atoms with Crippen LogP contribution in [-0.2, 0) is 0 Å². The van der Waals surface area contributed by atoms with Crippen LogP contribution < -0.4 is 0 Å². The molecule has 206 valence electrons. The highest BCUT2D eigenvalue weighted by molar-refractivity contribution is 5.86. The van der Waals surface area contributed by atoms with Crippen molar-refractivity contribution in [3.63, 3.8) is 0 Å². The fraction of sp³-hybridized carbons (Fsp3) is 0. The van der Waals surface area contributed by atoms with Crippen LogP contribution in [0.2, 0.25) is 0 Å². The van der Waals surface area contributed by atoms with Crippen LogP contribution in [0.1, 0.15) is 0 Å². The molecule has 0 amide bonds. The molecule has 0 saturated carbocycles. The lowest BCUT2D eigenvalue weighted by Gasteiger charge is -2.13. The lowest BCUT2D eigenvalue weighted by Crippen LogP contribution is -1.97. The Morgan fingerprint density at radius 3 is 1.20 bits per heavy atom. The maximum Gasteiger partial charge on any atom is 0.160 e. The molecule has 0 bridgehead atoms. The summed E-state index contributed by atoms with van der Waals surface area (Å²) < 4.78 is 0. The van der Waals surface area contributed by atoms with Crippen molar-refractivity contribution < 1.29 is 0 Å². The van der Waals surface area contributed by atoms with E-state index < -0.39 is 0 Å². The van der Waals surface area contributed by atoms with Crippen LogP contribution in [0.5, 0.6) is 0 Å². The highest BCUT2D eigenvalue weighted by Gasteiger charge is 2.15. The molecule has 0 aliphatic carbocycles. The van der Waals surface area contributed by atoms with Gasteiger partial charge in [-0.1, -0.05) is 109 Å². The number of fused-ring (bicyclic) bond motifs is 2. The van der Waals surface area contributed by atoms with Crippen LogP contribution >= 0.6 is 0 Å². The standard InChI is InChI=1S/C40H26N4/c1-3-11-27(12-4-1)38-26-39(28-13-5-2-6-14-28)44-40(43-38)33-24-31(36-21-19-29-15-7-9-17-34(29)41-36)23-32(25-33)37-22-20-30-16-8-10-18-35(30)42-37/h1-26H. The summed E-state index contributed by atoms with van der Waals surface area (Å²) in [5.74, 6) is 0.648. The minimum atomic E-state index is 0.648. The molecule has 3 aromatic heterocycles. The van der Waals surface area contributed by atoms with Crippen molar-refractivity contribution in [1.29, 1.82) is 0 Å². The molecule has 8 rings (SSSR count). The predicted octanol–water partition coefficient (Wildman–Crippen LogP) is 9.91. The third-order valence-corrected chi connectivity index (χ3v) is 7.84. The molecule has 0 aliphatic heterocycles. The first-order valence-electron chi connectivity index (χ1n) is 14.6. The van der Waals surface area contributed by atoms with Gasteiger partial charge in [-0.15, -0.1) is 0 Å². The number of benzene rings is 5. The summed E-state index contributed by atoms with van der Waals surface area (Å²) in [6.45, 7) is 0. The number of pyridine rings is 2. The summed E-state index contributed by atoms with van der Waals surface area (Å²) in [4.78, 5) is 20.3. The average Bonchev–Trinajstić information content (AvgIpc) is 3.11. The van der Waals surface area contributed by atoms with Crippen molar-refractivity contribution >= 4 is 21.8 Å². The van der Waals surface area contributed by atoms with Gasteiger partial charge in [-0.3, -0.25) is 0 Å². The molecule has 0 aliphatic rings. The molecular weight excluding hydrogens is 536 g/mol. The second kappa shape index (κ2) is 11.0. The van der Waals surface area contributed by atoms with Gasteiger partial charge in [-0.05, 0) is 48.5 Å². The summed E-state index contributed by atoms with van der Waals surface area (Å²) in [5, 5.41) is 2.21. The molecule has 4 nitrogen and oxygen atoms in total. The van der Waals surface area contributed by atoms with Gasteiger partial charge in [0.05, 0.1) is 33.8 Å². The van der Waals surface area contributed by atoms with Gasteiger partial charge < -0.3 is 0 Å². The Hall–Kier alpha value is -6.00. The van der Waals surface area contributed by atoms with Crippen molar-refractivity contribution in [2.45, 2.75) is 0 Å². The Morgan fingerprint density at radius 1 is 0.273 bits per heavy atom. The van der Waals surface area contributed by atoms with E-state index in [9.17, 15) is 0 Å². The van der Waals surface area contributed by atoms with Crippen molar-refractivity contribution in [3.8, 4) is 56.4 Å². The van der Waals surface area contributed by atoms with Crippen molar-refractivity contribution in [3.05, 3.63) is 158 Å². The fourth-order valence-electron chi connectivity index (χ4n) is 5.60. The van der Waals surface area contributed by atoms with Gasteiger partial charge in [-0.25, -0.2) is 19.9 Å². The first-order chi connectivity index (χ1) is 21.8. The highest BCUT2D eigenvalue weighted by Crippen LogP contribution is 2.34. The summed E-state index contributed by atoms with van der Waals surface area (Å²) in [7, 11) is 0. The van der Waals surface area contributed by atoms with E-state index in [4.69, 9.17) is 19.9 Å². The maximum atomic E-state index is 5.12. The zero-order valence-corrected chi connectivity index (χ0v) is 23.8. The molecule has 0 spiro atoms. The predicted molar refractivity (Wildman–Crippen MR) is 180 cm³/mol. The van der Waals surface area contributed by atoms with Crippen LogP contribution in [0.25, 0.3) is 78.2 Å². The van der Waals surface area contributed by atoms with E-state index in [1.54, 1.807) is 0 Å². The summed E-state index contributed by atoms with van der Waals surface area (Å²) in [6, 6.07) is 53.8. The Bertz CT molecular complexity index is 2120. The quantitative estimate of drug-likeness (QED) is 0.209. The molecule has 8 aromatic rings.